The van der Waals surface area contributed by atoms with E-state index in [4.69, 9.17) is 28.3 Å². The van der Waals surface area contributed by atoms with Gasteiger partial charge in [0.05, 0.1) is 21.4 Å². The van der Waals surface area contributed by atoms with Crippen LogP contribution < -0.4 is 5.32 Å². The fourth-order valence-electron chi connectivity index (χ4n) is 3.10. The second kappa shape index (κ2) is 6.79. The van der Waals surface area contributed by atoms with Crippen molar-refractivity contribution in [2.45, 2.75) is 25.7 Å². The van der Waals surface area contributed by atoms with E-state index in [1.165, 1.54) is 23.3 Å². The Balaban J connectivity index is 1.81. The summed E-state index contributed by atoms with van der Waals surface area (Å²) in [5, 5.41) is 11.7. The second-order valence-corrected chi connectivity index (χ2v) is 7.77. The molecule has 0 fully saturated rings. The quantitative estimate of drug-likeness (QED) is 0.645. The van der Waals surface area contributed by atoms with Crippen LogP contribution in [-0.2, 0) is 12.8 Å². The van der Waals surface area contributed by atoms with Crippen LogP contribution in [-0.4, -0.2) is 16.3 Å². The number of aromatic nitrogens is 2. The lowest BCUT2D eigenvalue weighted by Gasteiger charge is -2.10. The minimum Gasteiger partial charge on any atom is -0.370 e. The molecule has 1 aromatic carbocycles. The summed E-state index contributed by atoms with van der Waals surface area (Å²) in [4.78, 5) is 1.33. The predicted molar refractivity (Wildman–Crippen MR) is 102 cm³/mol. The molecule has 1 aliphatic rings. The SMILES string of the molecule is Clc1ccc(-n2nc(Cc3cccs3)c3c2NCCCC3)cc1Cl. The second-order valence-electron chi connectivity index (χ2n) is 5.92. The van der Waals surface area contributed by atoms with Crippen LogP contribution in [0.1, 0.15) is 29.0 Å². The summed E-state index contributed by atoms with van der Waals surface area (Å²) in [5.41, 5.74) is 3.41. The lowest BCUT2D eigenvalue weighted by atomic mass is 10.1. The number of anilines is 1. The molecule has 0 radical (unpaired) electrons. The van der Waals surface area contributed by atoms with Crippen LogP contribution >= 0.6 is 34.5 Å². The molecule has 1 aliphatic heterocycles. The van der Waals surface area contributed by atoms with Gasteiger partial charge in [-0.1, -0.05) is 29.3 Å². The Morgan fingerprint density at radius 1 is 1.17 bits per heavy atom. The average Bonchev–Trinajstić information content (AvgIpc) is 3.12. The third-order valence-electron chi connectivity index (χ3n) is 4.28. The zero-order valence-electron chi connectivity index (χ0n) is 13.1. The van der Waals surface area contributed by atoms with Crippen molar-refractivity contribution in [2.75, 3.05) is 11.9 Å². The zero-order valence-corrected chi connectivity index (χ0v) is 15.4. The highest BCUT2D eigenvalue weighted by Crippen LogP contribution is 2.32. The highest BCUT2D eigenvalue weighted by Gasteiger charge is 2.21. The summed E-state index contributed by atoms with van der Waals surface area (Å²) < 4.78 is 1.98. The fourth-order valence-corrected chi connectivity index (χ4v) is 4.10. The highest BCUT2D eigenvalue weighted by molar-refractivity contribution is 7.09. The standard InChI is InChI=1S/C18H17Cl2N3S/c19-15-7-6-12(10-16(15)20)23-18-14(5-1-2-8-21-18)17(22-23)11-13-4-3-9-24-13/h3-4,6-7,9-10,21H,1-2,5,8,11H2. The number of thiophene rings is 1. The van der Waals surface area contributed by atoms with E-state index in [1.54, 1.807) is 11.3 Å². The summed E-state index contributed by atoms with van der Waals surface area (Å²) in [5.74, 6) is 1.09. The van der Waals surface area contributed by atoms with Gasteiger partial charge in [0.1, 0.15) is 5.82 Å². The molecule has 2 aromatic heterocycles. The van der Waals surface area contributed by atoms with Crippen molar-refractivity contribution >= 4 is 40.4 Å². The summed E-state index contributed by atoms with van der Waals surface area (Å²) in [7, 11) is 0. The summed E-state index contributed by atoms with van der Waals surface area (Å²) in [6.07, 6.45) is 4.29. The Morgan fingerprint density at radius 2 is 2.08 bits per heavy atom. The molecule has 0 amide bonds. The van der Waals surface area contributed by atoms with Crippen molar-refractivity contribution < 1.29 is 0 Å². The van der Waals surface area contributed by atoms with Crippen LogP contribution in [0, 0.1) is 0 Å². The van der Waals surface area contributed by atoms with E-state index in [2.05, 4.69) is 22.8 Å². The molecule has 0 saturated carbocycles. The van der Waals surface area contributed by atoms with E-state index in [9.17, 15) is 0 Å². The number of benzene rings is 1. The van der Waals surface area contributed by atoms with Crippen LogP contribution in [0.25, 0.3) is 5.69 Å². The number of nitrogens with one attached hydrogen (secondary N) is 1. The van der Waals surface area contributed by atoms with Gasteiger partial charge in [0, 0.05) is 23.4 Å². The zero-order chi connectivity index (χ0) is 16.5. The fraction of sp³-hybridized carbons (Fsp3) is 0.278. The largest absolute Gasteiger partial charge is 0.370 e. The number of fused-ring (bicyclic) bond motifs is 1. The van der Waals surface area contributed by atoms with Crippen molar-refractivity contribution in [1.82, 2.24) is 9.78 Å². The maximum absolute atomic E-state index is 6.21. The normalized spacial score (nSPS) is 14.1. The molecule has 0 atom stereocenters. The van der Waals surface area contributed by atoms with E-state index in [-0.39, 0.29) is 0 Å². The Hall–Kier alpha value is -1.49. The molecule has 24 heavy (non-hydrogen) atoms. The van der Waals surface area contributed by atoms with Crippen molar-refractivity contribution in [3.63, 3.8) is 0 Å². The Morgan fingerprint density at radius 3 is 2.88 bits per heavy atom. The molecule has 0 unspecified atom stereocenters. The molecule has 4 rings (SSSR count). The van der Waals surface area contributed by atoms with E-state index >= 15 is 0 Å². The first-order valence-corrected chi connectivity index (χ1v) is 9.68. The Labute approximate surface area is 155 Å². The minimum atomic E-state index is 0.548. The number of hydrogen-bond donors (Lipinski definition) is 1. The molecular formula is C18H17Cl2N3S. The molecule has 0 saturated heterocycles. The Bertz CT molecular complexity index is 856. The van der Waals surface area contributed by atoms with E-state index in [0.29, 0.717) is 10.0 Å². The van der Waals surface area contributed by atoms with Gasteiger partial charge in [0.2, 0.25) is 0 Å². The van der Waals surface area contributed by atoms with Crippen LogP contribution in [0.4, 0.5) is 5.82 Å². The Kier molecular flexibility index (Phi) is 4.53. The molecule has 3 aromatic rings. The third kappa shape index (κ3) is 3.06. The van der Waals surface area contributed by atoms with Gasteiger partial charge in [0.25, 0.3) is 0 Å². The van der Waals surface area contributed by atoms with E-state index in [1.807, 2.05) is 22.9 Å². The topological polar surface area (TPSA) is 29.9 Å². The molecule has 3 nitrogen and oxygen atoms in total. The molecule has 1 N–H and O–H groups in total. The molecule has 0 aliphatic carbocycles. The summed E-state index contributed by atoms with van der Waals surface area (Å²) in [6.45, 7) is 0.971. The van der Waals surface area contributed by atoms with Gasteiger partial charge in [-0.2, -0.15) is 5.10 Å². The van der Waals surface area contributed by atoms with E-state index < -0.39 is 0 Å². The van der Waals surface area contributed by atoms with Crippen LogP contribution in [0.2, 0.25) is 10.0 Å². The number of hydrogen-bond acceptors (Lipinski definition) is 3. The molecule has 6 heteroatoms. The monoisotopic (exact) mass is 377 g/mol. The van der Waals surface area contributed by atoms with Crippen molar-refractivity contribution in [1.29, 1.82) is 0 Å². The highest BCUT2D eigenvalue weighted by atomic mass is 35.5. The van der Waals surface area contributed by atoms with Crippen molar-refractivity contribution in [3.05, 3.63) is 61.9 Å². The third-order valence-corrected chi connectivity index (χ3v) is 5.90. The van der Waals surface area contributed by atoms with E-state index in [0.717, 1.165) is 36.6 Å². The maximum Gasteiger partial charge on any atom is 0.133 e. The lowest BCUT2D eigenvalue weighted by molar-refractivity contribution is 0.768. The van der Waals surface area contributed by atoms with Crippen LogP contribution in [0.3, 0.4) is 0 Å². The van der Waals surface area contributed by atoms with Gasteiger partial charge in [0.15, 0.2) is 0 Å². The predicted octanol–water partition coefficient (Wildman–Crippen LogP) is 5.58. The van der Waals surface area contributed by atoms with Crippen LogP contribution in [0.5, 0.6) is 0 Å². The molecule has 124 valence electrons. The minimum absolute atomic E-state index is 0.548. The first-order valence-electron chi connectivity index (χ1n) is 8.05. The number of rotatable bonds is 3. The van der Waals surface area contributed by atoms with Crippen molar-refractivity contribution in [2.24, 2.45) is 0 Å². The van der Waals surface area contributed by atoms with Gasteiger partial charge in [-0.25, -0.2) is 4.68 Å². The lowest BCUT2D eigenvalue weighted by Crippen LogP contribution is -2.07. The smallest absolute Gasteiger partial charge is 0.133 e. The summed E-state index contributed by atoms with van der Waals surface area (Å²) >= 11 is 14.0. The average molecular weight is 378 g/mol. The van der Waals surface area contributed by atoms with Crippen molar-refractivity contribution in [3.8, 4) is 5.69 Å². The molecule has 0 spiro atoms. The van der Waals surface area contributed by atoms with Gasteiger partial charge in [-0.05, 0) is 48.9 Å². The molecular weight excluding hydrogens is 361 g/mol. The molecule has 3 heterocycles. The number of nitrogens with zero attached hydrogens (tertiary/aromatic N) is 2. The summed E-state index contributed by atoms with van der Waals surface area (Å²) in [6, 6.07) is 9.91. The first-order chi connectivity index (χ1) is 11.7. The van der Waals surface area contributed by atoms with Gasteiger partial charge >= 0.3 is 0 Å². The molecule has 0 bridgehead atoms. The number of halogens is 2. The van der Waals surface area contributed by atoms with Crippen LogP contribution in [0.15, 0.2) is 35.7 Å². The van der Waals surface area contributed by atoms with Gasteiger partial charge in [-0.15, -0.1) is 11.3 Å². The van der Waals surface area contributed by atoms with Gasteiger partial charge in [-0.3, -0.25) is 0 Å². The maximum atomic E-state index is 6.21. The first kappa shape index (κ1) is 16.0. The van der Waals surface area contributed by atoms with Gasteiger partial charge < -0.3 is 5.32 Å².